The fraction of sp³-hybridized carbons (Fsp3) is 0. The van der Waals surface area contributed by atoms with Gasteiger partial charge < -0.3 is 13.7 Å². The van der Waals surface area contributed by atoms with Gasteiger partial charge in [-0.3, -0.25) is 4.98 Å². The lowest BCUT2D eigenvalue weighted by Gasteiger charge is -2.12. The van der Waals surface area contributed by atoms with Gasteiger partial charge in [-0.15, -0.1) is 0 Å². The summed E-state index contributed by atoms with van der Waals surface area (Å²) in [6.07, 6.45) is 6.96. The topological polar surface area (TPSA) is 144 Å². The van der Waals surface area contributed by atoms with Crippen LogP contribution in [0.15, 0.2) is 419 Å². The minimum absolute atomic E-state index is 0.578. The van der Waals surface area contributed by atoms with Crippen molar-refractivity contribution >= 4 is 153 Å². The largest absolute Gasteiger partial charge is 0.309 e. The maximum atomic E-state index is 5.16. The summed E-state index contributed by atoms with van der Waals surface area (Å²) in [7, 11) is 0. The lowest BCUT2D eigenvalue weighted by Crippen LogP contribution is -1.99. The van der Waals surface area contributed by atoms with Gasteiger partial charge in [-0.05, 0) is 212 Å². The quantitative estimate of drug-likeness (QED) is 0.137. The Labute approximate surface area is 715 Å². The second kappa shape index (κ2) is 30.0. The molecule has 125 heavy (non-hydrogen) atoms. The minimum atomic E-state index is 0.578. The molecule has 0 aliphatic heterocycles. The van der Waals surface area contributed by atoms with Crippen molar-refractivity contribution in [1.29, 1.82) is 0 Å². The smallest absolute Gasteiger partial charge is 0.182 e. The molecule has 13 nitrogen and oxygen atoms in total. The van der Waals surface area contributed by atoms with Crippen molar-refractivity contribution in [3.63, 3.8) is 0 Å². The SMILES string of the molecule is c1ccc(-c2nc(-c3ccc(-n4c5ccccc5c5cc6ccccc6cc54)cc3)nc3cccnc23)cc1.c1ccc2cc(-c3nc(-c4ccc(-n5c6ccccc6c6cc7ccccc7cc65)cc4)nc4nccnc34)ccc2c1.c1ccc2cc3c(cc2c1)c1ccccc1n3-c1ccc(-c2nc(-c3cccc4ccccc34)c3cccnc3n2)cc1. The zero-order valence-electron chi connectivity index (χ0n) is 67.2. The van der Waals surface area contributed by atoms with E-state index in [9.17, 15) is 0 Å². The van der Waals surface area contributed by atoms with Crippen LogP contribution in [-0.4, -0.2) is 63.5 Å². The third kappa shape index (κ3) is 12.6. The number of rotatable bonds is 9. The summed E-state index contributed by atoms with van der Waals surface area (Å²) in [6.45, 7) is 0. The average molecular weight is 1600 g/mol. The normalized spacial score (nSPS) is 11.7. The van der Waals surface area contributed by atoms with E-state index in [1.807, 2.05) is 36.4 Å². The number of pyridine rings is 2. The Kier molecular flexibility index (Phi) is 17.2. The molecule has 0 radical (unpaired) electrons. The maximum Gasteiger partial charge on any atom is 0.182 e. The summed E-state index contributed by atoms with van der Waals surface area (Å²) < 4.78 is 7.04. The summed E-state index contributed by atoms with van der Waals surface area (Å²) in [5.41, 5.74) is 22.4. The van der Waals surface area contributed by atoms with Gasteiger partial charge >= 0.3 is 0 Å². The zero-order chi connectivity index (χ0) is 82.4. The van der Waals surface area contributed by atoms with E-state index in [0.29, 0.717) is 34.3 Å². The second-order valence-electron chi connectivity index (χ2n) is 31.5. The lowest BCUT2D eigenvalue weighted by molar-refractivity contribution is 1.15. The summed E-state index contributed by atoms with van der Waals surface area (Å²) in [5, 5.41) is 20.5. The first-order chi connectivity index (χ1) is 61.9. The predicted molar refractivity (Wildman–Crippen MR) is 513 cm³/mol. The Morgan fingerprint density at radius 1 is 0.176 bits per heavy atom. The standard InChI is InChI=1S/C39H24N4.C38H23N5.C35H22N4/c1-2-11-28-24-36-34(23-27(28)10-1)31-14-5-6-17-35(31)43(36)29-20-18-26(19-21-29)38-41-37(33-16-8-22-40-39(33)42-38)32-15-7-12-25-9-3-4-13-30(25)32;1-2-8-26-21-29(14-13-24(26)7-1)35-36-38(40-20-19-39-36)42-37(41-35)25-15-17-30(18-16-25)43-33-12-6-5-11-31(33)32-22-27-9-3-4-10-28(27)23-34(32)43;1-2-9-23(10-3-1)33-34-30(14-8-20-36-34)37-35(38-33)24-16-18-27(19-17-24)39-31-15-7-6-13-28(31)29-21-25-11-4-5-12-26(25)22-32(29)39/h1-24H;1-23H;1-22H. The summed E-state index contributed by atoms with van der Waals surface area (Å²) in [6, 6.07) is 139. The molecule has 0 unspecified atom stereocenters. The molecule has 0 aliphatic rings. The Morgan fingerprint density at radius 3 is 1.07 bits per heavy atom. The Hall–Kier alpha value is -17.2. The van der Waals surface area contributed by atoms with Gasteiger partial charge in [0.1, 0.15) is 22.4 Å². The first-order valence-corrected chi connectivity index (χ1v) is 41.8. The van der Waals surface area contributed by atoms with Crippen molar-refractivity contribution < 1.29 is 0 Å². The van der Waals surface area contributed by atoms with Gasteiger partial charge in [0.15, 0.2) is 28.8 Å². The predicted octanol–water partition coefficient (Wildman–Crippen LogP) is 27.5. The molecule has 9 heterocycles. The van der Waals surface area contributed by atoms with Crippen LogP contribution in [0.3, 0.4) is 0 Å². The fourth-order valence-corrected chi connectivity index (χ4v) is 18.2. The van der Waals surface area contributed by atoms with Crippen molar-refractivity contribution in [2.75, 3.05) is 0 Å². The number of para-hydroxylation sites is 3. The second-order valence-corrected chi connectivity index (χ2v) is 31.5. The third-order valence-corrected chi connectivity index (χ3v) is 24.1. The number of hydrogen-bond donors (Lipinski definition) is 0. The molecule has 13 heteroatoms. The monoisotopic (exact) mass is 1600 g/mol. The van der Waals surface area contributed by atoms with E-state index in [-0.39, 0.29) is 0 Å². The van der Waals surface area contributed by atoms with Crippen LogP contribution in [0.25, 0.3) is 238 Å². The van der Waals surface area contributed by atoms with Crippen LogP contribution in [0.1, 0.15) is 0 Å². The summed E-state index contributed by atoms with van der Waals surface area (Å²) in [5.74, 6) is 1.97. The number of aromatic nitrogens is 13. The molecule has 9 aromatic heterocycles. The molecule has 0 saturated heterocycles. The van der Waals surface area contributed by atoms with Crippen molar-refractivity contribution in [2.24, 2.45) is 0 Å². The van der Waals surface area contributed by atoms with Crippen molar-refractivity contribution in [1.82, 2.24) is 63.5 Å². The number of fused-ring (bicyclic) bond motifs is 17. The van der Waals surface area contributed by atoms with E-state index in [1.54, 1.807) is 24.8 Å². The molecule has 26 rings (SSSR count). The first kappa shape index (κ1) is 71.9. The number of benzene rings is 17. The molecule has 582 valence electrons. The van der Waals surface area contributed by atoms with Gasteiger partial charge in [-0.25, -0.2) is 44.9 Å². The van der Waals surface area contributed by atoms with E-state index in [4.69, 9.17) is 29.9 Å². The van der Waals surface area contributed by atoms with Gasteiger partial charge in [-0.1, -0.05) is 237 Å². The molecule has 0 fully saturated rings. The first-order valence-electron chi connectivity index (χ1n) is 41.8. The summed E-state index contributed by atoms with van der Waals surface area (Å²) in [4.78, 5) is 48.2. The highest BCUT2D eigenvalue weighted by Crippen LogP contribution is 2.42. The Morgan fingerprint density at radius 2 is 0.544 bits per heavy atom. The van der Waals surface area contributed by atoms with E-state index in [0.717, 1.165) is 94.7 Å². The molecule has 0 atom stereocenters. The van der Waals surface area contributed by atoms with Gasteiger partial charge in [0, 0.05) is 113 Å². The molecule has 17 aromatic carbocycles. The van der Waals surface area contributed by atoms with Gasteiger partial charge in [0.05, 0.1) is 44.3 Å². The van der Waals surface area contributed by atoms with Crippen LogP contribution >= 0.6 is 0 Å². The lowest BCUT2D eigenvalue weighted by atomic mass is 10.00. The molecule has 0 amide bonds. The molecule has 0 spiro atoms. The minimum Gasteiger partial charge on any atom is -0.309 e. The Balaban J connectivity index is 0.000000105. The van der Waals surface area contributed by atoms with E-state index >= 15 is 0 Å². The molecule has 0 bridgehead atoms. The van der Waals surface area contributed by atoms with E-state index in [1.165, 1.54) is 109 Å². The fourth-order valence-electron chi connectivity index (χ4n) is 18.2. The highest BCUT2D eigenvalue weighted by atomic mass is 15.0. The number of nitrogens with zero attached hydrogens (tertiary/aromatic N) is 13. The Bertz CT molecular complexity index is 8790. The highest BCUT2D eigenvalue weighted by molar-refractivity contribution is 6.17. The van der Waals surface area contributed by atoms with Gasteiger partial charge in [0.2, 0.25) is 0 Å². The van der Waals surface area contributed by atoms with Crippen LogP contribution in [0.2, 0.25) is 0 Å². The molecule has 26 aromatic rings. The van der Waals surface area contributed by atoms with Gasteiger partial charge in [-0.2, -0.15) is 0 Å². The van der Waals surface area contributed by atoms with Crippen LogP contribution in [0.5, 0.6) is 0 Å². The van der Waals surface area contributed by atoms with E-state index in [2.05, 4.69) is 392 Å². The van der Waals surface area contributed by atoms with Gasteiger partial charge in [0.25, 0.3) is 0 Å². The maximum absolute atomic E-state index is 5.16. The van der Waals surface area contributed by atoms with Crippen LogP contribution in [-0.2, 0) is 0 Å². The van der Waals surface area contributed by atoms with Crippen molar-refractivity contribution in [2.45, 2.75) is 0 Å². The van der Waals surface area contributed by atoms with E-state index < -0.39 is 0 Å². The molecular weight excluding hydrogens is 1530 g/mol. The van der Waals surface area contributed by atoms with Crippen molar-refractivity contribution in [3.05, 3.63) is 419 Å². The van der Waals surface area contributed by atoms with Crippen LogP contribution in [0, 0.1) is 0 Å². The number of hydrogen-bond acceptors (Lipinski definition) is 10. The third-order valence-electron chi connectivity index (χ3n) is 24.1. The van der Waals surface area contributed by atoms with Crippen molar-refractivity contribution in [3.8, 4) is 85.0 Å². The zero-order valence-corrected chi connectivity index (χ0v) is 67.2. The molecular formula is C112H69N13. The summed E-state index contributed by atoms with van der Waals surface area (Å²) >= 11 is 0. The molecule has 0 N–H and O–H groups in total. The highest BCUT2D eigenvalue weighted by Gasteiger charge is 2.22. The molecule has 0 saturated carbocycles. The van der Waals surface area contributed by atoms with Crippen LogP contribution in [0.4, 0.5) is 0 Å². The molecule has 0 aliphatic carbocycles. The van der Waals surface area contributed by atoms with Crippen LogP contribution < -0.4 is 0 Å². The average Bonchev–Trinajstić information content (AvgIpc) is 1.61.